The number of alkyl halides is 5. The first-order valence-electron chi connectivity index (χ1n) is 12.8. The number of carbonyl (C=O) groups excluding carboxylic acids is 3. The lowest BCUT2D eigenvalue weighted by Crippen LogP contribution is -2.58. The molecule has 1 saturated heterocycles. The van der Waals surface area contributed by atoms with E-state index in [1.807, 2.05) is 5.10 Å². The van der Waals surface area contributed by atoms with E-state index in [0.29, 0.717) is 4.85 Å². The van der Waals surface area contributed by atoms with Crippen LogP contribution in [0.25, 0.3) is 0 Å². The van der Waals surface area contributed by atoms with E-state index in [9.17, 15) is 45.5 Å². The number of nitrogens with one attached hydrogen (secondary N) is 1. The second-order valence-electron chi connectivity index (χ2n) is 10.2. The molecule has 2 fully saturated rings. The number of halogens is 6. The normalized spacial score (nSPS) is 18.0. The zero-order chi connectivity index (χ0) is 30.3. The zero-order valence-electron chi connectivity index (χ0n) is 22.1. The summed E-state index contributed by atoms with van der Waals surface area (Å²) in [6.07, 6.45) is -5.98. The van der Waals surface area contributed by atoms with Gasteiger partial charge in [-0.3, -0.25) is 14.4 Å². The van der Waals surface area contributed by atoms with E-state index >= 15 is 0 Å². The Balaban J connectivity index is 1.53. The van der Waals surface area contributed by atoms with Gasteiger partial charge < -0.3 is 9.80 Å². The van der Waals surface area contributed by atoms with Crippen LogP contribution in [0.15, 0.2) is 23.0 Å². The highest BCUT2D eigenvalue weighted by Gasteiger charge is 2.46. The van der Waals surface area contributed by atoms with Gasteiger partial charge in [0.2, 0.25) is 11.8 Å². The van der Waals surface area contributed by atoms with Crippen LogP contribution in [0.4, 0.5) is 26.3 Å². The average Bonchev–Trinajstić information content (AvgIpc) is 2.90. The molecule has 15 heteroatoms. The third-order valence-electron chi connectivity index (χ3n) is 7.49. The van der Waals surface area contributed by atoms with Crippen LogP contribution in [0, 0.1) is 19.7 Å². The molecular formula is C26H27F6N4O5+. The van der Waals surface area contributed by atoms with Gasteiger partial charge in [-0.1, -0.05) is 11.2 Å². The fourth-order valence-electron chi connectivity index (χ4n) is 4.99. The maximum atomic E-state index is 14.8. The van der Waals surface area contributed by atoms with E-state index in [1.54, 1.807) is 0 Å². The first kappa shape index (κ1) is 30.1. The van der Waals surface area contributed by atoms with E-state index in [-0.39, 0.29) is 80.2 Å². The van der Waals surface area contributed by atoms with Crippen LogP contribution in [0.2, 0.25) is 0 Å². The summed E-state index contributed by atoms with van der Waals surface area (Å²) in [7, 11) is 0. The Hall–Kier alpha value is -3.91. The molecule has 1 aromatic carbocycles. The van der Waals surface area contributed by atoms with E-state index in [0.717, 1.165) is 17.0 Å². The van der Waals surface area contributed by atoms with Crippen molar-refractivity contribution in [3.8, 4) is 0 Å². The third-order valence-corrected chi connectivity index (χ3v) is 7.49. The lowest BCUT2D eigenvalue weighted by atomic mass is 9.90. The Bertz CT molecular complexity index is 1430. The highest BCUT2D eigenvalue weighted by molar-refractivity contribution is 5.97. The summed E-state index contributed by atoms with van der Waals surface area (Å²) < 4.78 is 80.2. The van der Waals surface area contributed by atoms with Crippen molar-refractivity contribution in [2.45, 2.75) is 64.1 Å². The monoisotopic (exact) mass is 589 g/mol. The van der Waals surface area contributed by atoms with Gasteiger partial charge in [0.05, 0.1) is 12.0 Å². The molecule has 222 valence electrons. The van der Waals surface area contributed by atoms with Gasteiger partial charge in [0.15, 0.2) is 0 Å². The summed E-state index contributed by atoms with van der Waals surface area (Å²) in [6.45, 7) is 2.60. The lowest BCUT2D eigenvalue weighted by Gasteiger charge is -2.41. The molecule has 0 radical (unpaired) electrons. The van der Waals surface area contributed by atoms with Crippen LogP contribution in [0.1, 0.15) is 58.4 Å². The molecule has 1 aliphatic carbocycles. The van der Waals surface area contributed by atoms with Crippen LogP contribution in [-0.2, 0) is 16.0 Å². The molecule has 0 atom stereocenters. The molecule has 1 saturated carbocycles. The fourth-order valence-corrected chi connectivity index (χ4v) is 4.99. The number of hydrogen-bond acceptors (Lipinski definition) is 5. The maximum absolute atomic E-state index is 14.8. The first-order chi connectivity index (χ1) is 19.1. The van der Waals surface area contributed by atoms with E-state index in [4.69, 9.17) is 0 Å². The van der Waals surface area contributed by atoms with Crippen LogP contribution in [0.5, 0.6) is 0 Å². The second-order valence-corrected chi connectivity index (χ2v) is 10.2. The number of nitrogens with zero attached hydrogens (tertiary/aromatic N) is 3. The summed E-state index contributed by atoms with van der Waals surface area (Å²) in [5.74, 6) is -7.50. The molecule has 2 aliphatic rings. The van der Waals surface area contributed by atoms with Crippen LogP contribution < -0.4 is 15.2 Å². The number of carbonyl (C=O) groups is 3. The first-order valence-corrected chi connectivity index (χ1v) is 12.8. The SMILES string of the molecule is Cc1c(C)c(=O)[nH][n+](OC(=O)C(F)(F)F)c1Cc1ccc(F)c(C(=O)N2CCN(C3CCC(F)(F)CC3)C(=O)C2)c1. The number of aromatic amines is 1. The van der Waals surface area contributed by atoms with Gasteiger partial charge in [0.25, 0.3) is 11.6 Å². The number of hydrogen-bond donors (Lipinski definition) is 1. The third kappa shape index (κ3) is 6.54. The lowest BCUT2D eigenvalue weighted by molar-refractivity contribution is -0.921. The Morgan fingerprint density at radius 2 is 1.76 bits per heavy atom. The van der Waals surface area contributed by atoms with Crippen molar-refractivity contribution < 1.29 is 50.4 Å². The molecule has 9 nitrogen and oxygen atoms in total. The number of H-pyrrole nitrogens is 1. The number of rotatable bonds is 5. The fraction of sp³-hybridized carbons (Fsp3) is 0.500. The van der Waals surface area contributed by atoms with Gasteiger partial charge >= 0.3 is 17.7 Å². The minimum absolute atomic E-state index is 0.0484. The molecule has 2 aromatic rings. The highest BCUT2D eigenvalue weighted by Crippen LogP contribution is 2.35. The Morgan fingerprint density at radius 3 is 2.37 bits per heavy atom. The van der Waals surface area contributed by atoms with Gasteiger partial charge in [-0.25, -0.2) is 18.0 Å². The maximum Gasteiger partial charge on any atom is 0.498 e. The van der Waals surface area contributed by atoms with Crippen LogP contribution >= 0.6 is 0 Å². The predicted molar refractivity (Wildman–Crippen MR) is 128 cm³/mol. The van der Waals surface area contributed by atoms with Crippen molar-refractivity contribution in [1.82, 2.24) is 14.9 Å². The molecule has 1 aliphatic heterocycles. The van der Waals surface area contributed by atoms with Gasteiger partial charge in [0.1, 0.15) is 17.2 Å². The summed E-state index contributed by atoms with van der Waals surface area (Å²) >= 11 is 0. The standard InChI is InChI=1S/C26H26F6N4O5/c1-14-15(2)22(38)33-36(41-24(40)26(30,31)32)20(14)12-16-3-4-19(27)18(11-16)23(39)34-9-10-35(21(37)13-34)17-5-7-25(28,29)8-6-17/h3-4,11,17H,5-10,12-13H2,1-2H3/p+1. The Morgan fingerprint density at radius 1 is 1.10 bits per heavy atom. The van der Waals surface area contributed by atoms with Gasteiger partial charge in [-0.2, -0.15) is 18.0 Å². The second kappa shape index (κ2) is 11.2. The summed E-state index contributed by atoms with van der Waals surface area (Å²) in [6, 6.07) is 3.04. The van der Waals surface area contributed by atoms with Crippen molar-refractivity contribution in [1.29, 1.82) is 0 Å². The number of piperazine rings is 1. The highest BCUT2D eigenvalue weighted by atomic mass is 19.4. The van der Waals surface area contributed by atoms with E-state index in [2.05, 4.69) is 4.84 Å². The average molecular weight is 590 g/mol. The minimum atomic E-state index is -5.35. The molecule has 1 aromatic heterocycles. The molecule has 2 amide bonds. The quantitative estimate of drug-likeness (QED) is 0.426. The molecule has 0 spiro atoms. The molecule has 0 unspecified atom stereocenters. The minimum Gasteiger partial charge on any atom is -0.336 e. The van der Waals surface area contributed by atoms with Gasteiger partial charge in [0, 0.05) is 43.1 Å². The summed E-state index contributed by atoms with van der Waals surface area (Å²) in [5.41, 5.74) is -0.708. The summed E-state index contributed by atoms with van der Waals surface area (Å²) in [4.78, 5) is 56.8. The van der Waals surface area contributed by atoms with Crippen molar-refractivity contribution in [3.05, 3.63) is 62.3 Å². The van der Waals surface area contributed by atoms with Crippen LogP contribution in [0.3, 0.4) is 0 Å². The van der Waals surface area contributed by atoms with Crippen molar-refractivity contribution in [2.24, 2.45) is 0 Å². The van der Waals surface area contributed by atoms with E-state index in [1.165, 1.54) is 24.8 Å². The molecule has 2 heterocycles. The van der Waals surface area contributed by atoms with Crippen LogP contribution in [-0.4, -0.2) is 70.5 Å². The molecular weight excluding hydrogens is 562 g/mol. The van der Waals surface area contributed by atoms with Gasteiger partial charge in [-0.15, -0.1) is 0 Å². The Kier molecular flexibility index (Phi) is 8.18. The smallest absolute Gasteiger partial charge is 0.336 e. The van der Waals surface area contributed by atoms with Crippen molar-refractivity contribution in [3.63, 3.8) is 0 Å². The summed E-state index contributed by atoms with van der Waals surface area (Å²) in [5, 5.41) is 2.03. The predicted octanol–water partition coefficient (Wildman–Crippen LogP) is 2.39. The van der Waals surface area contributed by atoms with Crippen molar-refractivity contribution in [2.75, 3.05) is 19.6 Å². The molecule has 4 rings (SSSR count). The largest absolute Gasteiger partial charge is 0.498 e. The zero-order valence-corrected chi connectivity index (χ0v) is 22.1. The Labute approximate surface area is 229 Å². The topological polar surface area (TPSA) is 104 Å². The number of aromatic nitrogens is 2. The molecule has 0 bridgehead atoms. The van der Waals surface area contributed by atoms with Gasteiger partial charge in [-0.05, 0) is 44.4 Å². The molecule has 1 N–H and O–H groups in total. The van der Waals surface area contributed by atoms with Crippen molar-refractivity contribution >= 4 is 17.8 Å². The molecule has 41 heavy (non-hydrogen) atoms. The number of benzene rings is 1. The number of amides is 2. The van der Waals surface area contributed by atoms with E-state index < -0.39 is 46.8 Å².